The van der Waals surface area contributed by atoms with Crippen LogP contribution in [0.2, 0.25) is 0 Å². The fourth-order valence-corrected chi connectivity index (χ4v) is 18.0. The molecule has 564 valence electrons. The summed E-state index contributed by atoms with van der Waals surface area (Å²) in [6.07, 6.45) is 24.2. The highest BCUT2D eigenvalue weighted by Gasteiger charge is 2.42. The van der Waals surface area contributed by atoms with Crippen LogP contribution < -0.4 is 28.7 Å². The molecule has 24 nitrogen and oxygen atoms in total. The Morgan fingerprint density at radius 3 is 1.50 bits per heavy atom. The molecule has 6 aliphatic heterocycles. The van der Waals surface area contributed by atoms with Gasteiger partial charge in [0, 0.05) is 102 Å². The Balaban J connectivity index is 0.000000117. The molecular weight excluding hydrogens is 1430 g/mol. The predicted molar refractivity (Wildman–Crippen MR) is 411 cm³/mol. The van der Waals surface area contributed by atoms with Crippen molar-refractivity contribution in [1.29, 1.82) is 5.26 Å². The number of aromatic amines is 2. The van der Waals surface area contributed by atoms with Crippen LogP contribution in [-0.2, 0) is 44.8 Å². The SMILES string of the molecule is N#CCC(=O)N1CCC(C2=CB(O)Oc3cnc4[nH]ccc4c32)CC1.O=C(NCC(F)(F)F)N1CCC(C2=CB(O)Oc3cnc4c(c32)C=CC4)CC1.O=S(=O)(Cc1ccccc1)NC1CC(C2=CB(O)Oc3cnc4c(c32)C=CC4)C1.OB1C=C(C2CCC(OCc3ccccc3)CC2)c2c(cnc3[nH]ccc23)O1. The van der Waals surface area contributed by atoms with Crippen LogP contribution in [0.15, 0.2) is 146 Å². The smallest absolute Gasteiger partial charge is 0.531 e. The maximum absolute atomic E-state index is 12.5. The molecule has 0 atom stereocenters. The molecule has 0 spiro atoms. The van der Waals surface area contributed by atoms with Gasteiger partial charge >= 0.3 is 40.7 Å². The Bertz CT molecular complexity index is 5110. The van der Waals surface area contributed by atoms with E-state index in [4.69, 9.17) is 28.6 Å². The van der Waals surface area contributed by atoms with E-state index in [0.29, 0.717) is 93.5 Å². The van der Waals surface area contributed by atoms with E-state index in [-0.39, 0.29) is 41.9 Å². The van der Waals surface area contributed by atoms with Crippen molar-refractivity contribution in [3.8, 4) is 29.1 Å². The second-order valence-corrected chi connectivity index (χ2v) is 30.7. The zero-order chi connectivity index (χ0) is 76.2. The Hall–Kier alpha value is -10.3. The molecule has 3 amide bonds. The van der Waals surface area contributed by atoms with E-state index in [1.165, 1.54) is 16.0 Å². The van der Waals surface area contributed by atoms with E-state index in [2.05, 4.69) is 58.9 Å². The van der Waals surface area contributed by atoms with Gasteiger partial charge in [-0.05, 0) is 157 Å². The lowest BCUT2D eigenvalue weighted by Crippen LogP contribution is -2.47. The highest BCUT2D eigenvalue weighted by molar-refractivity contribution is 7.88. The number of aromatic nitrogens is 6. The highest BCUT2D eigenvalue weighted by atomic mass is 32.2. The van der Waals surface area contributed by atoms with Gasteiger partial charge in [-0.25, -0.2) is 27.9 Å². The molecule has 6 aromatic heterocycles. The van der Waals surface area contributed by atoms with Gasteiger partial charge in [-0.3, -0.25) is 14.8 Å². The fraction of sp³-hybridized carbons (Fsp3) is 0.346. The molecule has 0 radical (unpaired) electrons. The Kier molecular flexibility index (Phi) is 22.4. The maximum Gasteiger partial charge on any atom is 0.552 e. The number of halogens is 3. The summed E-state index contributed by atoms with van der Waals surface area (Å²) in [4.78, 5) is 50.8. The predicted octanol–water partition coefficient (Wildman–Crippen LogP) is 10.4. The van der Waals surface area contributed by atoms with E-state index >= 15 is 0 Å². The first-order valence-corrected chi connectivity index (χ1v) is 38.9. The number of H-pyrrole nitrogens is 2. The lowest BCUT2D eigenvalue weighted by molar-refractivity contribution is -0.131. The van der Waals surface area contributed by atoms with Gasteiger partial charge in [0.2, 0.25) is 15.9 Å². The maximum atomic E-state index is 12.5. The number of likely N-dealkylation sites (tertiary alicyclic amines) is 2. The molecule has 4 fully saturated rings. The minimum Gasteiger partial charge on any atom is -0.531 e. The van der Waals surface area contributed by atoms with Crippen molar-refractivity contribution in [2.45, 2.75) is 114 Å². The van der Waals surface area contributed by atoms with Crippen molar-refractivity contribution in [3.05, 3.63) is 202 Å². The molecule has 2 saturated carbocycles. The van der Waals surface area contributed by atoms with Gasteiger partial charge in [0.1, 0.15) is 47.3 Å². The fourth-order valence-electron chi connectivity index (χ4n) is 16.5. The normalized spacial score (nSPS) is 20.3. The quantitative estimate of drug-likeness (QED) is 0.0497. The van der Waals surface area contributed by atoms with Crippen LogP contribution in [0.3, 0.4) is 0 Å². The Morgan fingerprint density at radius 1 is 0.582 bits per heavy atom. The molecule has 2 saturated heterocycles. The number of hydrogen-bond donors (Lipinski definition) is 8. The van der Waals surface area contributed by atoms with Crippen LogP contribution in [0.5, 0.6) is 23.0 Å². The molecule has 2 aromatic carbocycles. The average molecular weight is 1510 g/mol. The van der Waals surface area contributed by atoms with Crippen LogP contribution in [-0.4, -0.2) is 160 Å². The number of piperidine rings is 2. The van der Waals surface area contributed by atoms with Gasteiger partial charge in [-0.1, -0.05) is 85.0 Å². The first-order valence-electron chi connectivity index (χ1n) is 37.2. The second kappa shape index (κ2) is 32.7. The number of fused-ring (bicyclic) bond motifs is 12. The minimum absolute atomic E-state index is 0.0168. The summed E-state index contributed by atoms with van der Waals surface area (Å²) in [5, 5.41) is 53.0. The molecule has 4 aliphatic carbocycles. The van der Waals surface area contributed by atoms with Crippen LogP contribution in [0.25, 0.3) is 56.5 Å². The molecule has 0 bridgehead atoms. The van der Waals surface area contributed by atoms with E-state index < -0.39 is 57.2 Å². The number of allylic oxidation sites excluding steroid dienone is 6. The third kappa shape index (κ3) is 17.0. The zero-order valence-electron chi connectivity index (χ0n) is 60.1. The molecular formula is C78H80B4F3N11O13S. The third-order valence-electron chi connectivity index (χ3n) is 21.8. The molecule has 18 rings (SSSR count). The number of amides is 3. The summed E-state index contributed by atoms with van der Waals surface area (Å²) in [5.41, 5.74) is 15.8. The first kappa shape index (κ1) is 75.2. The average Bonchev–Trinajstić information content (AvgIpc) is 1.86. The van der Waals surface area contributed by atoms with Crippen LogP contribution >= 0.6 is 0 Å². The van der Waals surface area contributed by atoms with Gasteiger partial charge in [0.15, 0.2) is 0 Å². The largest absolute Gasteiger partial charge is 0.552 e. The number of nitriles is 1. The summed E-state index contributed by atoms with van der Waals surface area (Å²) in [6, 6.07) is 24.6. The van der Waals surface area contributed by atoms with Crippen LogP contribution in [0.4, 0.5) is 18.0 Å². The van der Waals surface area contributed by atoms with Crippen molar-refractivity contribution < 1.29 is 74.6 Å². The number of pyridine rings is 4. The van der Waals surface area contributed by atoms with Crippen molar-refractivity contribution in [1.82, 2.24) is 49.7 Å². The standard InChI is InChI=1S/C22H23BN2O3.C21H21BN2O4S.C18H19BF3N3O3.C17H17BN4O3/c26-23-12-19(21-18-10-11-24-22(18)25-13-20(21)28-23)16-6-8-17(9-7-16)27-14-15-4-2-1-3-5-15;25-22-11-18(21-17-7-4-8-19(17)23-12-20(21)28-22)15-9-16(10-15)24-29(26,27)13-14-5-2-1-3-6-14;20-18(21,22)10-24-17(26)25-6-4-11(5-7-25)13-8-19(27)28-15-9-23-14-3-1-2-12(14)16(13)15;19-5-1-15(23)22-7-3-11(4-8-22)13-9-18(24)25-14-10-21-17-12(16(13)14)2-6-20-17/h1-5,10-13,16-17,26H,6-9,14H2,(H,24,25);1-7,11-12,15-16,24-25H,8-10,13H2;1-2,8-9,11,27H,3-7,10H2,(H,24,26);2,6,9-11,24H,1,3-4,7-8H2,(H,20,21). The van der Waals surface area contributed by atoms with Gasteiger partial charge in [0.25, 0.3) is 0 Å². The number of alkyl halides is 3. The number of nitrogens with zero attached hydrogens (tertiary/aromatic N) is 7. The monoisotopic (exact) mass is 1510 g/mol. The summed E-state index contributed by atoms with van der Waals surface area (Å²) < 4.78 is 93.0. The summed E-state index contributed by atoms with van der Waals surface area (Å²) in [6.45, 7) is 1.28. The van der Waals surface area contributed by atoms with Crippen molar-refractivity contribution in [3.63, 3.8) is 0 Å². The highest BCUT2D eigenvalue weighted by Crippen LogP contribution is 2.49. The molecule has 32 heteroatoms. The number of sulfonamides is 1. The molecule has 110 heavy (non-hydrogen) atoms. The summed E-state index contributed by atoms with van der Waals surface area (Å²) in [5.74, 6) is 10.2. The van der Waals surface area contributed by atoms with E-state index in [9.17, 15) is 51.3 Å². The van der Waals surface area contributed by atoms with Crippen molar-refractivity contribution in [2.75, 3.05) is 32.7 Å². The Labute approximate surface area is 634 Å². The van der Waals surface area contributed by atoms with Crippen molar-refractivity contribution in [2.24, 2.45) is 23.7 Å². The molecule has 8 N–H and O–H groups in total. The number of hydrogen-bond acceptors (Lipinski definition) is 18. The van der Waals surface area contributed by atoms with Gasteiger partial charge in [0.05, 0.1) is 60.7 Å². The van der Waals surface area contributed by atoms with Gasteiger partial charge in [-0.2, -0.15) is 18.4 Å². The molecule has 10 aliphatic rings. The molecule has 8 aromatic rings. The van der Waals surface area contributed by atoms with Gasteiger partial charge in [-0.15, -0.1) is 0 Å². The zero-order valence-corrected chi connectivity index (χ0v) is 60.9. The molecule has 12 heterocycles. The minimum atomic E-state index is -4.43. The summed E-state index contributed by atoms with van der Waals surface area (Å²) >= 11 is 0. The lowest BCUT2D eigenvalue weighted by atomic mass is 9.68. The number of carbonyl (C=O) groups excluding carboxylic acids is 2. The third-order valence-corrected chi connectivity index (χ3v) is 23.2. The lowest BCUT2D eigenvalue weighted by Gasteiger charge is -2.39. The van der Waals surface area contributed by atoms with Gasteiger partial charge < -0.3 is 68.5 Å². The number of benzene rings is 2. The summed E-state index contributed by atoms with van der Waals surface area (Å²) in [7, 11) is -7.36. The van der Waals surface area contributed by atoms with E-state index in [1.807, 2.05) is 103 Å². The van der Waals surface area contributed by atoms with E-state index in [1.54, 1.807) is 47.6 Å². The Morgan fingerprint density at radius 2 is 1.02 bits per heavy atom. The van der Waals surface area contributed by atoms with Crippen LogP contribution in [0, 0.1) is 35.0 Å². The van der Waals surface area contributed by atoms with E-state index in [0.717, 1.165) is 140 Å². The second-order valence-electron chi connectivity index (χ2n) is 28.9. The first-order chi connectivity index (χ1) is 53.2. The number of ether oxygens (including phenoxy) is 1. The van der Waals surface area contributed by atoms with Crippen molar-refractivity contribution >= 4 is 107 Å². The number of rotatable bonds is 13. The molecule has 0 unspecified atom stereocenters. The topological polar surface area (TPSA) is 333 Å². The number of carbonyl (C=O) groups is 2. The number of urea groups is 1. The van der Waals surface area contributed by atoms with Crippen LogP contribution in [0.1, 0.15) is 127 Å². The number of nitrogens with one attached hydrogen (secondary N) is 4.